The van der Waals surface area contributed by atoms with Gasteiger partial charge in [-0.1, -0.05) is 78.0 Å². The fourth-order valence-corrected chi connectivity index (χ4v) is 4.20. The van der Waals surface area contributed by atoms with Gasteiger partial charge < -0.3 is 10.1 Å². The number of nitrogens with one attached hydrogen (secondary N) is 1. The zero-order valence-electron chi connectivity index (χ0n) is 18.3. The Morgan fingerprint density at radius 3 is 2.41 bits per heavy atom. The van der Waals surface area contributed by atoms with Crippen LogP contribution in [-0.2, 0) is 14.3 Å². The number of carbonyl (C=O) groups is 2. The molecule has 1 heterocycles. The molecule has 172 valence electrons. The molecule has 1 N–H and O–H groups in total. The number of ether oxygens (including phenoxy) is 1. The molecule has 9 heteroatoms. The van der Waals surface area contributed by atoms with Crippen LogP contribution in [-0.4, -0.2) is 39.0 Å². The van der Waals surface area contributed by atoms with Crippen LogP contribution in [0.2, 0.25) is 5.02 Å². The van der Waals surface area contributed by atoms with Crippen LogP contribution in [0.25, 0.3) is 17.1 Å². The normalized spacial score (nSPS) is 10.6. The summed E-state index contributed by atoms with van der Waals surface area (Å²) in [6.45, 7) is 1.49. The van der Waals surface area contributed by atoms with Crippen LogP contribution in [0, 0.1) is 6.92 Å². The van der Waals surface area contributed by atoms with Gasteiger partial charge in [0.2, 0.25) is 0 Å². The second kappa shape index (κ2) is 11.0. The molecule has 0 fully saturated rings. The van der Waals surface area contributed by atoms with Gasteiger partial charge >= 0.3 is 5.97 Å². The third-order valence-corrected chi connectivity index (χ3v) is 5.98. The van der Waals surface area contributed by atoms with Gasteiger partial charge in [-0.05, 0) is 36.8 Å². The number of anilines is 1. The molecule has 1 amide bonds. The first-order chi connectivity index (χ1) is 16.5. The van der Waals surface area contributed by atoms with Gasteiger partial charge in [0, 0.05) is 11.3 Å². The number of halogens is 1. The highest BCUT2D eigenvalue weighted by atomic mass is 35.5. The number of benzene rings is 3. The third kappa shape index (κ3) is 5.84. The van der Waals surface area contributed by atoms with Crippen LogP contribution in [0.3, 0.4) is 0 Å². The molecule has 0 aliphatic rings. The van der Waals surface area contributed by atoms with Crippen molar-refractivity contribution >= 4 is 40.9 Å². The number of esters is 1. The summed E-state index contributed by atoms with van der Waals surface area (Å²) in [5.41, 5.74) is 3.22. The first-order valence-corrected chi connectivity index (χ1v) is 11.8. The maximum absolute atomic E-state index is 12.3. The molecule has 7 nitrogen and oxygen atoms in total. The maximum Gasteiger partial charge on any atom is 0.316 e. The molecule has 3 aromatic carbocycles. The smallest absolute Gasteiger partial charge is 0.316 e. The van der Waals surface area contributed by atoms with Crippen LogP contribution >= 0.6 is 23.4 Å². The van der Waals surface area contributed by atoms with Gasteiger partial charge in [0.25, 0.3) is 5.91 Å². The highest BCUT2D eigenvalue weighted by molar-refractivity contribution is 7.99. The van der Waals surface area contributed by atoms with Crippen LogP contribution in [0.1, 0.15) is 5.56 Å². The van der Waals surface area contributed by atoms with E-state index in [9.17, 15) is 9.59 Å². The Morgan fingerprint density at radius 1 is 1.00 bits per heavy atom. The predicted molar refractivity (Wildman–Crippen MR) is 133 cm³/mol. The molecule has 0 saturated heterocycles. The monoisotopic (exact) mass is 492 g/mol. The average Bonchev–Trinajstić information content (AvgIpc) is 3.28. The summed E-state index contributed by atoms with van der Waals surface area (Å²) in [7, 11) is 0. The number of aryl methyl sites for hydroxylation is 1. The van der Waals surface area contributed by atoms with Gasteiger partial charge in [-0.2, -0.15) is 0 Å². The number of hydrogen-bond acceptors (Lipinski definition) is 6. The summed E-state index contributed by atoms with van der Waals surface area (Å²) in [4.78, 5) is 24.5. The van der Waals surface area contributed by atoms with Crippen molar-refractivity contribution in [2.24, 2.45) is 0 Å². The second-order valence-corrected chi connectivity index (χ2v) is 8.67. The zero-order valence-corrected chi connectivity index (χ0v) is 19.8. The number of aromatic nitrogens is 3. The van der Waals surface area contributed by atoms with Crippen molar-refractivity contribution in [2.45, 2.75) is 12.1 Å². The second-order valence-electron chi connectivity index (χ2n) is 7.32. The minimum Gasteiger partial charge on any atom is -0.455 e. The molecule has 0 atom stereocenters. The molecule has 4 rings (SSSR count). The Hall–Kier alpha value is -3.62. The lowest BCUT2D eigenvalue weighted by atomic mass is 10.2. The van der Waals surface area contributed by atoms with Crippen LogP contribution in [0.15, 0.2) is 84.0 Å². The van der Waals surface area contributed by atoms with E-state index in [4.69, 9.17) is 16.3 Å². The molecule has 1 aromatic heterocycles. The van der Waals surface area contributed by atoms with E-state index in [1.54, 1.807) is 12.1 Å². The van der Waals surface area contributed by atoms with E-state index < -0.39 is 18.5 Å². The summed E-state index contributed by atoms with van der Waals surface area (Å²) in [5, 5.41) is 12.2. The predicted octanol–water partition coefficient (Wildman–Crippen LogP) is 5.17. The lowest BCUT2D eigenvalue weighted by Gasteiger charge is -2.10. The van der Waals surface area contributed by atoms with Gasteiger partial charge in [-0.3, -0.25) is 14.2 Å². The van der Waals surface area contributed by atoms with Gasteiger partial charge in [0.15, 0.2) is 17.6 Å². The number of amides is 1. The van der Waals surface area contributed by atoms with Gasteiger partial charge in [0.1, 0.15) is 0 Å². The van der Waals surface area contributed by atoms with Crippen molar-refractivity contribution in [1.29, 1.82) is 0 Å². The SMILES string of the molecule is Cc1ccc(NC(=O)COC(=O)CSc2nnc(-c3ccccc3)n2-c2ccccc2)c(Cl)c1. The highest BCUT2D eigenvalue weighted by Gasteiger charge is 2.18. The topological polar surface area (TPSA) is 86.1 Å². The number of nitrogens with zero attached hydrogens (tertiary/aromatic N) is 3. The van der Waals surface area contributed by atoms with Gasteiger partial charge in [-0.25, -0.2) is 0 Å². The van der Waals surface area contributed by atoms with E-state index in [1.807, 2.05) is 78.2 Å². The Morgan fingerprint density at radius 2 is 1.71 bits per heavy atom. The first-order valence-electron chi connectivity index (χ1n) is 10.4. The van der Waals surface area contributed by atoms with Crippen molar-refractivity contribution in [1.82, 2.24) is 14.8 Å². The highest BCUT2D eigenvalue weighted by Crippen LogP contribution is 2.28. The zero-order chi connectivity index (χ0) is 23.9. The lowest BCUT2D eigenvalue weighted by Crippen LogP contribution is -2.21. The number of rotatable bonds is 8. The summed E-state index contributed by atoms with van der Waals surface area (Å²) in [6.07, 6.45) is 0. The molecule has 0 aliphatic carbocycles. The largest absolute Gasteiger partial charge is 0.455 e. The quantitative estimate of drug-likeness (QED) is 0.270. The average molecular weight is 493 g/mol. The molecule has 4 aromatic rings. The molecule has 0 unspecified atom stereocenters. The van der Waals surface area contributed by atoms with Crippen molar-refractivity contribution in [3.05, 3.63) is 89.4 Å². The Bertz CT molecular complexity index is 1300. The van der Waals surface area contributed by atoms with E-state index in [2.05, 4.69) is 15.5 Å². The molecule has 0 aliphatic heterocycles. The molecular weight excluding hydrogens is 472 g/mol. The number of thioether (sulfide) groups is 1. The van der Waals surface area contributed by atoms with Gasteiger partial charge in [0.05, 0.1) is 16.5 Å². The standard InChI is InChI=1S/C25H21ClN4O3S/c1-17-12-13-21(20(26)14-17)27-22(31)15-33-23(32)16-34-25-29-28-24(18-8-4-2-5-9-18)30(25)19-10-6-3-7-11-19/h2-14H,15-16H2,1H3,(H,27,31). The van der Waals surface area contributed by atoms with Crippen LogP contribution in [0.5, 0.6) is 0 Å². The number of para-hydroxylation sites is 1. The lowest BCUT2D eigenvalue weighted by molar-refractivity contribution is -0.144. The fourth-order valence-electron chi connectivity index (χ4n) is 3.17. The van der Waals surface area contributed by atoms with E-state index in [1.165, 1.54) is 11.8 Å². The summed E-state index contributed by atoms with van der Waals surface area (Å²) < 4.78 is 7.01. The minimum atomic E-state index is -0.543. The minimum absolute atomic E-state index is 0.0294. The number of carbonyl (C=O) groups excluding carboxylic acids is 2. The maximum atomic E-state index is 12.3. The Balaban J connectivity index is 1.40. The molecule has 0 saturated carbocycles. The van der Waals surface area contributed by atoms with Crippen molar-refractivity contribution in [3.63, 3.8) is 0 Å². The molecule has 0 spiro atoms. The Labute approximate surface area is 206 Å². The molecule has 0 bridgehead atoms. The first kappa shape index (κ1) is 23.5. The van der Waals surface area contributed by atoms with E-state index in [0.29, 0.717) is 21.7 Å². The van der Waals surface area contributed by atoms with Crippen molar-refractivity contribution < 1.29 is 14.3 Å². The van der Waals surface area contributed by atoms with Crippen molar-refractivity contribution in [3.8, 4) is 17.1 Å². The van der Waals surface area contributed by atoms with E-state index in [0.717, 1.165) is 16.8 Å². The summed E-state index contributed by atoms with van der Waals surface area (Å²) in [6, 6.07) is 24.6. The van der Waals surface area contributed by atoms with Crippen molar-refractivity contribution in [2.75, 3.05) is 17.7 Å². The van der Waals surface area contributed by atoms with Crippen LogP contribution < -0.4 is 5.32 Å². The molecule has 0 radical (unpaired) electrons. The Kier molecular flexibility index (Phi) is 7.61. The summed E-state index contributed by atoms with van der Waals surface area (Å²) >= 11 is 7.31. The summed E-state index contributed by atoms with van der Waals surface area (Å²) in [5.74, 6) is -0.378. The van der Waals surface area contributed by atoms with E-state index in [-0.39, 0.29) is 5.75 Å². The fraction of sp³-hybridized carbons (Fsp3) is 0.120. The molecule has 34 heavy (non-hydrogen) atoms. The third-order valence-electron chi connectivity index (χ3n) is 4.76. The number of hydrogen-bond donors (Lipinski definition) is 1. The molecular formula is C25H21ClN4O3S. The van der Waals surface area contributed by atoms with E-state index >= 15 is 0 Å². The van der Waals surface area contributed by atoms with Crippen LogP contribution in [0.4, 0.5) is 5.69 Å². The van der Waals surface area contributed by atoms with Gasteiger partial charge in [-0.15, -0.1) is 10.2 Å².